The Morgan fingerprint density at radius 1 is 1.05 bits per heavy atom. The van der Waals surface area contributed by atoms with Gasteiger partial charge in [0.1, 0.15) is 29.7 Å². The number of fused-ring (bicyclic) bond motifs is 1. The zero-order valence-electron chi connectivity index (χ0n) is 22.5. The minimum Gasteiger partial charge on any atom is -0.507 e. The maximum Gasteiger partial charge on any atom is 0.416 e. The maximum atomic E-state index is 13.5. The molecule has 0 saturated heterocycles. The summed E-state index contributed by atoms with van der Waals surface area (Å²) in [5, 5.41) is 21.4. The Kier molecular flexibility index (Phi) is 8.40. The number of phenolic OH excluding ortho intramolecular Hbond substituents is 1. The van der Waals surface area contributed by atoms with Crippen molar-refractivity contribution in [3.05, 3.63) is 108 Å². The summed E-state index contributed by atoms with van der Waals surface area (Å²) >= 11 is 18.6. The van der Waals surface area contributed by atoms with Gasteiger partial charge in [0.15, 0.2) is 0 Å². The van der Waals surface area contributed by atoms with Gasteiger partial charge in [0.05, 0.1) is 16.8 Å². The second kappa shape index (κ2) is 11.9. The molecule has 44 heavy (non-hydrogen) atoms. The topological polar surface area (TPSA) is 106 Å². The second-order valence-electron chi connectivity index (χ2n) is 9.87. The molecule has 1 aliphatic heterocycles. The molecule has 0 fully saturated rings. The molecule has 224 valence electrons. The van der Waals surface area contributed by atoms with Crippen molar-refractivity contribution in [1.29, 1.82) is 5.26 Å². The third kappa shape index (κ3) is 6.13. The van der Waals surface area contributed by atoms with E-state index in [0.717, 1.165) is 18.2 Å². The number of phenols is 1. The molecule has 0 aliphatic carbocycles. The van der Waals surface area contributed by atoms with E-state index in [9.17, 15) is 33.1 Å². The number of hydrogen-bond donors (Lipinski definition) is 2. The molecule has 0 unspecified atom stereocenters. The van der Waals surface area contributed by atoms with Gasteiger partial charge in [-0.25, -0.2) is 0 Å². The Morgan fingerprint density at radius 2 is 1.80 bits per heavy atom. The fraction of sp³-hybridized carbons (Fsp3) is 0.129. The van der Waals surface area contributed by atoms with Crippen LogP contribution in [0.2, 0.25) is 15.1 Å². The molecule has 0 atom stereocenters. The molecule has 5 rings (SSSR count). The summed E-state index contributed by atoms with van der Waals surface area (Å²) in [5.41, 5.74) is -1.70. The summed E-state index contributed by atoms with van der Waals surface area (Å²) in [4.78, 5) is 30.0. The Bertz CT molecular complexity index is 1970. The largest absolute Gasteiger partial charge is 0.507 e. The highest BCUT2D eigenvalue weighted by atomic mass is 35.5. The number of carbonyl (C=O) groups is 1. The number of nitriles is 1. The number of aromatic hydroxyl groups is 1. The van der Waals surface area contributed by atoms with Gasteiger partial charge in [0.2, 0.25) is 0 Å². The lowest BCUT2D eigenvalue weighted by Crippen LogP contribution is -2.30. The fourth-order valence-corrected chi connectivity index (χ4v) is 5.40. The average Bonchev–Trinajstić information content (AvgIpc) is 2.97. The van der Waals surface area contributed by atoms with Crippen LogP contribution in [-0.4, -0.2) is 34.6 Å². The highest BCUT2D eigenvalue weighted by Crippen LogP contribution is 2.40. The number of pyridine rings is 1. The summed E-state index contributed by atoms with van der Waals surface area (Å²) in [6.07, 6.45) is -3.05. The van der Waals surface area contributed by atoms with Gasteiger partial charge in [-0.2, -0.15) is 18.4 Å². The lowest BCUT2D eigenvalue weighted by Gasteiger charge is -2.23. The van der Waals surface area contributed by atoms with Crippen LogP contribution in [0.5, 0.6) is 11.5 Å². The van der Waals surface area contributed by atoms with Gasteiger partial charge < -0.3 is 19.7 Å². The zero-order valence-corrected chi connectivity index (χ0v) is 24.8. The lowest BCUT2D eigenvalue weighted by molar-refractivity contribution is -0.137. The molecule has 0 saturated carbocycles. The lowest BCUT2D eigenvalue weighted by atomic mass is 9.96. The molecule has 1 amide bonds. The van der Waals surface area contributed by atoms with Crippen molar-refractivity contribution in [2.24, 2.45) is 0 Å². The van der Waals surface area contributed by atoms with Gasteiger partial charge >= 0.3 is 6.18 Å². The van der Waals surface area contributed by atoms with E-state index in [4.69, 9.17) is 39.5 Å². The first-order chi connectivity index (χ1) is 20.8. The SMILES string of the molecule is CN(Cc1cc(Cl)cc(-c2cc(-c3cc(C(F)(F)F)ccc3Cl)c(C#N)c(=O)[nH]2)c1O)C(=O)C1=Cc2cc(Cl)ccc2OC1. The first kappa shape index (κ1) is 31.0. The smallest absolute Gasteiger partial charge is 0.416 e. The van der Waals surface area contributed by atoms with Gasteiger partial charge in [-0.15, -0.1) is 0 Å². The van der Waals surface area contributed by atoms with Gasteiger partial charge in [-0.05, 0) is 60.7 Å². The van der Waals surface area contributed by atoms with E-state index in [0.29, 0.717) is 21.9 Å². The standard InChI is InChI=1S/C31H19Cl3F3N3O4/c1-40(30(43)17-6-15-7-19(32)3-5-27(15)44-14-17)13-16-8-20(33)10-23(28(16)41)26-11-21(24(12-38)29(42)39-26)22-9-18(31(35,36)37)2-4-25(22)34/h2-11,41H,13-14H2,1H3,(H,39,42). The van der Waals surface area contributed by atoms with Crippen LogP contribution in [0.3, 0.4) is 0 Å². The number of likely N-dealkylation sites (N-methyl/N-ethyl adjacent to an activating group) is 1. The summed E-state index contributed by atoms with van der Waals surface area (Å²) in [5.74, 6) is -0.181. The predicted molar refractivity (Wildman–Crippen MR) is 161 cm³/mol. The number of H-pyrrole nitrogens is 1. The Hall–Kier alpha value is -4.43. The number of amides is 1. The number of ether oxygens (including phenoxy) is 1. The molecular formula is C31H19Cl3F3N3O4. The minimum absolute atomic E-state index is 0.00284. The highest BCUT2D eigenvalue weighted by molar-refractivity contribution is 6.33. The van der Waals surface area contributed by atoms with Crippen molar-refractivity contribution in [3.63, 3.8) is 0 Å². The summed E-state index contributed by atoms with van der Waals surface area (Å²) in [7, 11) is 1.51. The molecule has 7 nitrogen and oxygen atoms in total. The molecule has 1 aliphatic rings. The summed E-state index contributed by atoms with van der Waals surface area (Å²) in [6.45, 7) is -0.108. The Labute approximate surface area is 263 Å². The molecule has 0 bridgehead atoms. The minimum atomic E-state index is -4.71. The monoisotopic (exact) mass is 659 g/mol. The molecule has 2 heterocycles. The molecule has 0 spiro atoms. The number of carbonyl (C=O) groups excluding carboxylic acids is 1. The first-order valence-corrected chi connectivity index (χ1v) is 13.8. The first-order valence-electron chi connectivity index (χ1n) is 12.7. The number of halogens is 6. The maximum absolute atomic E-state index is 13.5. The predicted octanol–water partition coefficient (Wildman–Crippen LogP) is 7.70. The zero-order chi connectivity index (χ0) is 31.9. The number of nitrogens with one attached hydrogen (secondary N) is 1. The quantitative estimate of drug-likeness (QED) is 0.228. The van der Waals surface area contributed by atoms with E-state index in [-0.39, 0.29) is 56.9 Å². The van der Waals surface area contributed by atoms with E-state index in [1.165, 1.54) is 30.1 Å². The van der Waals surface area contributed by atoms with Crippen LogP contribution in [0.1, 0.15) is 22.3 Å². The molecule has 1 aromatic heterocycles. The molecule has 0 radical (unpaired) electrons. The van der Waals surface area contributed by atoms with E-state index >= 15 is 0 Å². The van der Waals surface area contributed by atoms with Crippen LogP contribution in [-0.2, 0) is 17.5 Å². The normalized spacial score (nSPS) is 12.5. The van der Waals surface area contributed by atoms with Crippen LogP contribution < -0.4 is 10.3 Å². The number of alkyl halides is 3. The summed E-state index contributed by atoms with van der Waals surface area (Å²) < 4.78 is 46.0. The third-order valence-corrected chi connectivity index (χ3v) is 7.67. The van der Waals surface area contributed by atoms with Crippen molar-refractivity contribution in [2.75, 3.05) is 13.7 Å². The molecule has 4 aromatic rings. The Morgan fingerprint density at radius 3 is 2.50 bits per heavy atom. The van der Waals surface area contributed by atoms with Crippen molar-refractivity contribution in [1.82, 2.24) is 9.88 Å². The average molecular weight is 661 g/mol. The second-order valence-corrected chi connectivity index (χ2v) is 11.1. The van der Waals surface area contributed by atoms with Crippen LogP contribution in [0.15, 0.2) is 65.0 Å². The van der Waals surface area contributed by atoms with E-state index in [1.807, 2.05) is 0 Å². The highest BCUT2D eigenvalue weighted by Gasteiger charge is 2.32. The number of benzene rings is 3. The molecule has 2 N–H and O–H groups in total. The number of aromatic nitrogens is 1. The molecule has 3 aromatic carbocycles. The van der Waals surface area contributed by atoms with Gasteiger partial charge in [-0.1, -0.05) is 34.8 Å². The molecular weight excluding hydrogens is 642 g/mol. The van der Waals surface area contributed by atoms with Gasteiger partial charge in [-0.3, -0.25) is 9.59 Å². The van der Waals surface area contributed by atoms with Crippen molar-refractivity contribution in [2.45, 2.75) is 12.7 Å². The third-order valence-electron chi connectivity index (χ3n) is 6.89. The Balaban J connectivity index is 1.53. The number of aromatic amines is 1. The fourth-order valence-electron chi connectivity index (χ4n) is 4.76. The molecule has 13 heteroatoms. The summed E-state index contributed by atoms with van der Waals surface area (Å²) in [6, 6.07) is 13.3. The van der Waals surface area contributed by atoms with E-state index in [1.54, 1.807) is 30.3 Å². The van der Waals surface area contributed by atoms with Crippen LogP contribution in [0.25, 0.3) is 28.5 Å². The van der Waals surface area contributed by atoms with Crippen LogP contribution >= 0.6 is 34.8 Å². The van der Waals surface area contributed by atoms with Crippen molar-refractivity contribution in [3.8, 4) is 40.0 Å². The van der Waals surface area contributed by atoms with E-state index < -0.39 is 28.8 Å². The van der Waals surface area contributed by atoms with Gasteiger partial charge in [0.25, 0.3) is 11.5 Å². The van der Waals surface area contributed by atoms with Crippen molar-refractivity contribution < 1.29 is 27.8 Å². The van der Waals surface area contributed by atoms with Crippen LogP contribution in [0.4, 0.5) is 13.2 Å². The number of nitrogens with zero attached hydrogens (tertiary/aromatic N) is 2. The van der Waals surface area contributed by atoms with Crippen molar-refractivity contribution >= 4 is 46.8 Å². The number of rotatable bonds is 5. The van der Waals surface area contributed by atoms with Gasteiger partial charge in [0, 0.05) is 56.5 Å². The van der Waals surface area contributed by atoms with Crippen LogP contribution in [0, 0.1) is 11.3 Å². The van der Waals surface area contributed by atoms with E-state index in [2.05, 4.69) is 4.98 Å². The number of hydrogen-bond acceptors (Lipinski definition) is 5.